The number of likely N-dealkylation sites (N-methyl/N-ethyl adjacent to an activating group) is 1. The van der Waals surface area contributed by atoms with Gasteiger partial charge in [0.15, 0.2) is 0 Å². The van der Waals surface area contributed by atoms with Crippen LogP contribution in [0.3, 0.4) is 0 Å². The van der Waals surface area contributed by atoms with E-state index >= 15 is 0 Å². The van der Waals surface area contributed by atoms with E-state index in [9.17, 15) is 0 Å². The number of nitrogens with one attached hydrogen (secondary N) is 1. The Labute approximate surface area is 103 Å². The number of rotatable bonds is 4. The summed E-state index contributed by atoms with van der Waals surface area (Å²) in [6.45, 7) is -1.46. The molecule has 0 unspecified atom stereocenters. The maximum absolute atomic E-state index is 7.97. The van der Waals surface area contributed by atoms with Crippen LogP contribution in [0.4, 0.5) is 0 Å². The highest BCUT2D eigenvalue weighted by Crippen LogP contribution is 2.23. The predicted molar refractivity (Wildman–Crippen MR) is 67.1 cm³/mol. The fourth-order valence-electron chi connectivity index (χ4n) is 1.62. The SMILES string of the molecule is [2H]C([2H])([2H])Oc1ccc2c(CC([2H])([2H])N(C)C)c[nH]c2c1. The number of fused-ring (bicyclic) bond motifs is 1. The molecule has 3 heteroatoms. The maximum Gasteiger partial charge on any atom is 0.120 e. The third kappa shape index (κ3) is 2.19. The number of nitrogens with zero attached hydrogens (tertiary/aromatic N) is 1. The zero-order valence-electron chi connectivity index (χ0n) is 14.4. The van der Waals surface area contributed by atoms with Crippen LogP contribution in [0.25, 0.3) is 10.9 Å². The predicted octanol–water partition coefficient (Wildman–Crippen LogP) is 2.28. The number of ether oxygens (including phenoxy) is 1. The van der Waals surface area contributed by atoms with Gasteiger partial charge in [-0.2, -0.15) is 0 Å². The van der Waals surface area contributed by atoms with Gasteiger partial charge in [0.05, 0.1) is 11.2 Å². The Morgan fingerprint density at radius 1 is 1.50 bits per heavy atom. The second-order valence-electron chi connectivity index (χ2n) is 3.85. The van der Waals surface area contributed by atoms with Crippen molar-refractivity contribution in [3.63, 3.8) is 0 Å². The highest BCUT2D eigenvalue weighted by atomic mass is 16.5. The largest absolute Gasteiger partial charge is 0.497 e. The van der Waals surface area contributed by atoms with Crippen molar-refractivity contribution in [2.24, 2.45) is 0 Å². The van der Waals surface area contributed by atoms with Crippen LogP contribution < -0.4 is 4.74 Å². The zero-order valence-corrected chi connectivity index (χ0v) is 9.37. The summed E-state index contributed by atoms with van der Waals surface area (Å²) in [6.07, 6.45) is 1.98. The minimum atomic E-state index is -2.48. The van der Waals surface area contributed by atoms with Crippen molar-refractivity contribution in [2.75, 3.05) is 27.6 Å². The Kier molecular flexibility index (Phi) is 1.80. The van der Waals surface area contributed by atoms with Crippen molar-refractivity contribution in [1.29, 1.82) is 0 Å². The first-order valence-electron chi connectivity index (χ1n) is 7.55. The molecular weight excluding hydrogens is 200 g/mol. The Morgan fingerprint density at radius 3 is 3.12 bits per heavy atom. The average molecular weight is 223 g/mol. The van der Waals surface area contributed by atoms with Crippen LogP contribution in [0.5, 0.6) is 5.75 Å². The molecule has 3 nitrogen and oxygen atoms in total. The molecule has 2 rings (SSSR count). The fraction of sp³-hybridized carbons (Fsp3) is 0.385. The molecule has 0 saturated carbocycles. The first-order chi connectivity index (χ1) is 9.58. The summed E-state index contributed by atoms with van der Waals surface area (Å²) in [5, 5.41) is 0.860. The molecule has 0 atom stereocenters. The molecule has 0 aliphatic heterocycles. The molecule has 1 N–H and O–H groups in total. The molecule has 1 heterocycles. The summed E-state index contributed by atoms with van der Waals surface area (Å²) in [7, 11) is 0.903. The normalized spacial score (nSPS) is 17.6. The van der Waals surface area contributed by atoms with Crippen LogP contribution in [0.15, 0.2) is 24.4 Å². The summed E-state index contributed by atoms with van der Waals surface area (Å²) >= 11 is 0. The molecule has 0 bridgehead atoms. The average Bonchev–Trinajstić information content (AvgIpc) is 2.69. The lowest BCUT2D eigenvalue weighted by atomic mass is 10.1. The molecular formula is C13H18N2O. The molecule has 0 radical (unpaired) electrons. The molecule has 0 spiro atoms. The Bertz CT molecular complexity index is 633. The number of methoxy groups -OCH3 is 1. The fourth-order valence-corrected chi connectivity index (χ4v) is 1.62. The van der Waals surface area contributed by atoms with Gasteiger partial charge in [-0.3, -0.25) is 0 Å². The van der Waals surface area contributed by atoms with Crippen LogP contribution in [-0.4, -0.2) is 37.5 Å². The van der Waals surface area contributed by atoms with Gasteiger partial charge in [-0.15, -0.1) is 0 Å². The van der Waals surface area contributed by atoms with E-state index in [1.165, 1.54) is 4.90 Å². The molecule has 86 valence electrons. The second-order valence-corrected chi connectivity index (χ2v) is 3.85. The molecule has 0 saturated heterocycles. The van der Waals surface area contributed by atoms with E-state index < -0.39 is 13.5 Å². The van der Waals surface area contributed by atoms with Crippen LogP contribution in [-0.2, 0) is 6.42 Å². The summed E-state index contributed by atoms with van der Waals surface area (Å²) in [5.74, 6) is 0.256. The van der Waals surface area contributed by atoms with Crippen molar-refractivity contribution in [1.82, 2.24) is 9.88 Å². The number of benzene rings is 1. The minimum Gasteiger partial charge on any atom is -0.497 e. The molecule has 1 aromatic carbocycles. The summed E-state index contributed by atoms with van der Waals surface area (Å²) in [6, 6.07) is 4.93. The molecule has 16 heavy (non-hydrogen) atoms. The van der Waals surface area contributed by atoms with Gasteiger partial charge in [0, 0.05) is 32.4 Å². The van der Waals surface area contributed by atoms with Gasteiger partial charge < -0.3 is 14.6 Å². The van der Waals surface area contributed by atoms with Gasteiger partial charge in [-0.05, 0) is 38.2 Å². The highest BCUT2D eigenvalue weighted by Gasteiger charge is 2.04. The Balaban J connectivity index is 2.29. The van der Waals surface area contributed by atoms with Crippen molar-refractivity contribution in [3.8, 4) is 5.75 Å². The van der Waals surface area contributed by atoms with E-state index in [1.54, 1.807) is 38.5 Å². The second kappa shape index (κ2) is 4.58. The third-order valence-corrected chi connectivity index (χ3v) is 2.44. The molecule has 0 fully saturated rings. The number of aromatic nitrogens is 1. The minimum absolute atomic E-state index is 0.236. The molecule has 2 aromatic rings. The molecule has 0 aliphatic carbocycles. The lowest BCUT2D eigenvalue weighted by Gasteiger charge is -2.08. The monoisotopic (exact) mass is 223 g/mol. The van der Waals surface area contributed by atoms with Crippen molar-refractivity contribution in [2.45, 2.75) is 6.42 Å². The smallest absolute Gasteiger partial charge is 0.120 e. The lowest BCUT2D eigenvalue weighted by Crippen LogP contribution is -2.14. The maximum atomic E-state index is 7.97. The van der Waals surface area contributed by atoms with Crippen LogP contribution in [0.1, 0.15) is 12.4 Å². The Hall–Kier alpha value is -1.48. The van der Waals surface area contributed by atoms with Crippen molar-refractivity contribution < 1.29 is 11.6 Å². The zero-order chi connectivity index (χ0) is 15.8. The van der Waals surface area contributed by atoms with Gasteiger partial charge >= 0.3 is 0 Å². The van der Waals surface area contributed by atoms with E-state index in [-0.39, 0.29) is 12.2 Å². The number of hydrogen-bond donors (Lipinski definition) is 1. The van der Waals surface area contributed by atoms with E-state index in [2.05, 4.69) is 4.98 Å². The third-order valence-electron chi connectivity index (χ3n) is 2.44. The number of H-pyrrole nitrogens is 1. The van der Waals surface area contributed by atoms with Crippen molar-refractivity contribution >= 4 is 10.9 Å². The van der Waals surface area contributed by atoms with Gasteiger partial charge in [0.1, 0.15) is 5.75 Å². The van der Waals surface area contributed by atoms with Gasteiger partial charge in [0.25, 0.3) is 0 Å². The highest BCUT2D eigenvalue weighted by molar-refractivity contribution is 5.84. The standard InChI is InChI=1S/C13H18N2O/c1-15(2)7-6-10-9-14-13-8-11(16-3)4-5-12(10)13/h4-5,8-9,14H,6-7H2,1-3H3/i3D3,7D2. The first-order valence-corrected chi connectivity index (χ1v) is 5.05. The van der Waals surface area contributed by atoms with Gasteiger partial charge in [0.2, 0.25) is 0 Å². The van der Waals surface area contributed by atoms with Gasteiger partial charge in [-0.1, -0.05) is 0 Å². The summed E-state index contributed by atoms with van der Waals surface area (Å²) < 4.78 is 42.1. The van der Waals surface area contributed by atoms with E-state index in [4.69, 9.17) is 11.6 Å². The van der Waals surface area contributed by atoms with Crippen molar-refractivity contribution in [3.05, 3.63) is 30.0 Å². The van der Waals surface area contributed by atoms with Crippen LogP contribution in [0, 0.1) is 0 Å². The van der Waals surface area contributed by atoms with Gasteiger partial charge in [-0.25, -0.2) is 0 Å². The Morgan fingerprint density at radius 2 is 2.38 bits per heavy atom. The number of hydrogen-bond acceptors (Lipinski definition) is 2. The number of aryl methyl sites for hydroxylation is 1. The van der Waals surface area contributed by atoms with Crippen LogP contribution >= 0.6 is 0 Å². The van der Waals surface area contributed by atoms with E-state index in [0.29, 0.717) is 0 Å². The molecule has 0 amide bonds. The first kappa shape index (κ1) is 6.30. The molecule has 0 aliphatic rings. The van der Waals surface area contributed by atoms with Crippen LogP contribution in [0.2, 0.25) is 0 Å². The summed E-state index contributed by atoms with van der Waals surface area (Å²) in [4.78, 5) is 4.55. The van der Waals surface area contributed by atoms with E-state index in [1.807, 2.05) is 0 Å². The van der Waals surface area contributed by atoms with E-state index in [0.717, 1.165) is 16.5 Å². The molecule has 1 aromatic heterocycles. The lowest BCUT2D eigenvalue weighted by molar-refractivity contribution is 0.414. The quantitative estimate of drug-likeness (QED) is 0.861. The summed E-state index contributed by atoms with van der Waals surface area (Å²) in [5.41, 5.74) is 1.56. The topological polar surface area (TPSA) is 28.3 Å². The number of aromatic amines is 1.